The van der Waals surface area contributed by atoms with Crippen LogP contribution in [0.4, 0.5) is 0 Å². The van der Waals surface area contributed by atoms with Crippen LogP contribution in [0.2, 0.25) is 0 Å². The van der Waals surface area contributed by atoms with E-state index in [-0.39, 0.29) is 0 Å². The molecule has 1 aromatic carbocycles. The van der Waals surface area contributed by atoms with Gasteiger partial charge in [-0.25, -0.2) is 0 Å². The standard InChI is InChI=1S/C10H7N3O/c1-7-12-13-10(14-7)9-5-3-2-4-8(9)6-11/h2-5H,1H3. The minimum absolute atomic E-state index is 0.389. The van der Waals surface area contributed by atoms with Gasteiger partial charge >= 0.3 is 0 Å². The quantitative estimate of drug-likeness (QED) is 0.680. The zero-order valence-corrected chi connectivity index (χ0v) is 7.56. The van der Waals surface area contributed by atoms with Gasteiger partial charge in [0.25, 0.3) is 0 Å². The summed E-state index contributed by atoms with van der Waals surface area (Å²) in [5.74, 6) is 0.882. The molecule has 4 heteroatoms. The number of hydrogen-bond donors (Lipinski definition) is 0. The van der Waals surface area contributed by atoms with Gasteiger partial charge in [-0.3, -0.25) is 0 Å². The highest BCUT2D eigenvalue weighted by Gasteiger charge is 2.09. The summed E-state index contributed by atoms with van der Waals surface area (Å²) >= 11 is 0. The van der Waals surface area contributed by atoms with Crippen molar-refractivity contribution in [1.82, 2.24) is 10.2 Å². The van der Waals surface area contributed by atoms with Crippen molar-refractivity contribution in [2.75, 3.05) is 0 Å². The predicted octanol–water partition coefficient (Wildman–Crippen LogP) is 1.92. The van der Waals surface area contributed by atoms with Crippen LogP contribution in [0.15, 0.2) is 28.7 Å². The van der Waals surface area contributed by atoms with Crippen molar-refractivity contribution >= 4 is 0 Å². The Bertz CT molecular complexity index is 496. The molecular formula is C10H7N3O. The predicted molar refractivity (Wildman–Crippen MR) is 49.2 cm³/mol. The number of rotatable bonds is 1. The van der Waals surface area contributed by atoms with Crippen LogP contribution in [-0.2, 0) is 0 Å². The lowest BCUT2D eigenvalue weighted by Crippen LogP contribution is -1.83. The summed E-state index contributed by atoms with van der Waals surface area (Å²) in [5, 5.41) is 16.4. The van der Waals surface area contributed by atoms with E-state index in [1.54, 1.807) is 25.1 Å². The van der Waals surface area contributed by atoms with Gasteiger partial charge in [0.2, 0.25) is 11.8 Å². The van der Waals surface area contributed by atoms with Crippen molar-refractivity contribution in [3.8, 4) is 17.5 Å². The lowest BCUT2D eigenvalue weighted by Gasteiger charge is -1.95. The lowest BCUT2D eigenvalue weighted by molar-refractivity contribution is 0.532. The summed E-state index contributed by atoms with van der Waals surface area (Å²) < 4.78 is 5.24. The molecule has 0 aliphatic carbocycles. The molecule has 0 radical (unpaired) electrons. The Morgan fingerprint density at radius 1 is 1.29 bits per heavy atom. The van der Waals surface area contributed by atoms with Gasteiger partial charge in [-0.15, -0.1) is 10.2 Å². The fraction of sp³-hybridized carbons (Fsp3) is 0.100. The number of benzene rings is 1. The Morgan fingerprint density at radius 3 is 2.71 bits per heavy atom. The number of aryl methyl sites for hydroxylation is 1. The summed E-state index contributed by atoms with van der Waals surface area (Å²) in [6.45, 7) is 1.71. The van der Waals surface area contributed by atoms with Crippen LogP contribution in [0.5, 0.6) is 0 Å². The van der Waals surface area contributed by atoms with Crippen LogP contribution >= 0.6 is 0 Å². The van der Waals surface area contributed by atoms with Crippen molar-refractivity contribution < 1.29 is 4.42 Å². The second kappa shape index (κ2) is 3.30. The summed E-state index contributed by atoms with van der Waals surface area (Å²) in [7, 11) is 0. The first-order valence-corrected chi connectivity index (χ1v) is 4.11. The molecule has 0 unspecified atom stereocenters. The minimum atomic E-state index is 0.389. The monoisotopic (exact) mass is 185 g/mol. The van der Waals surface area contributed by atoms with Crippen LogP contribution in [0.25, 0.3) is 11.5 Å². The highest BCUT2D eigenvalue weighted by molar-refractivity contribution is 5.62. The van der Waals surface area contributed by atoms with E-state index in [0.29, 0.717) is 22.9 Å². The first-order valence-electron chi connectivity index (χ1n) is 4.11. The van der Waals surface area contributed by atoms with E-state index in [1.165, 1.54) is 0 Å². The van der Waals surface area contributed by atoms with E-state index in [0.717, 1.165) is 0 Å². The largest absolute Gasteiger partial charge is 0.421 e. The third-order valence-corrected chi connectivity index (χ3v) is 1.80. The molecule has 0 aliphatic rings. The van der Waals surface area contributed by atoms with Crippen LogP contribution in [0.3, 0.4) is 0 Å². The molecule has 1 heterocycles. The highest BCUT2D eigenvalue weighted by Crippen LogP contribution is 2.21. The number of nitrogens with zero attached hydrogens (tertiary/aromatic N) is 3. The fourth-order valence-corrected chi connectivity index (χ4v) is 1.17. The summed E-state index contributed by atoms with van der Waals surface area (Å²) in [6.07, 6.45) is 0. The lowest BCUT2D eigenvalue weighted by atomic mass is 10.1. The maximum Gasteiger partial charge on any atom is 0.249 e. The van der Waals surface area contributed by atoms with Crippen molar-refractivity contribution in [2.24, 2.45) is 0 Å². The van der Waals surface area contributed by atoms with E-state index >= 15 is 0 Å². The molecule has 14 heavy (non-hydrogen) atoms. The molecule has 68 valence electrons. The van der Waals surface area contributed by atoms with E-state index in [1.807, 2.05) is 6.07 Å². The molecule has 1 aromatic heterocycles. The van der Waals surface area contributed by atoms with E-state index < -0.39 is 0 Å². The van der Waals surface area contributed by atoms with Crippen LogP contribution in [-0.4, -0.2) is 10.2 Å². The molecule has 2 aromatic rings. The van der Waals surface area contributed by atoms with Crippen molar-refractivity contribution in [3.05, 3.63) is 35.7 Å². The summed E-state index contributed by atoms with van der Waals surface area (Å²) in [4.78, 5) is 0. The van der Waals surface area contributed by atoms with Crippen molar-refractivity contribution in [3.63, 3.8) is 0 Å². The number of nitriles is 1. The van der Waals surface area contributed by atoms with E-state index in [2.05, 4.69) is 16.3 Å². The van der Waals surface area contributed by atoms with Crippen LogP contribution < -0.4 is 0 Å². The Kier molecular flexibility index (Phi) is 1.99. The summed E-state index contributed by atoms with van der Waals surface area (Å²) in [5.41, 5.74) is 1.21. The van der Waals surface area contributed by atoms with E-state index in [9.17, 15) is 0 Å². The smallest absolute Gasteiger partial charge is 0.249 e. The van der Waals surface area contributed by atoms with Crippen LogP contribution in [0, 0.1) is 18.3 Å². The average Bonchev–Trinajstić information content (AvgIpc) is 2.65. The molecule has 0 aliphatic heterocycles. The molecule has 0 saturated carbocycles. The molecule has 0 N–H and O–H groups in total. The molecule has 0 saturated heterocycles. The van der Waals surface area contributed by atoms with Gasteiger partial charge in [-0.2, -0.15) is 5.26 Å². The van der Waals surface area contributed by atoms with Crippen molar-refractivity contribution in [1.29, 1.82) is 5.26 Å². The van der Waals surface area contributed by atoms with Crippen LogP contribution in [0.1, 0.15) is 11.5 Å². The molecule has 0 fully saturated rings. The molecule has 0 amide bonds. The Balaban J connectivity index is 2.57. The van der Waals surface area contributed by atoms with Gasteiger partial charge in [-0.05, 0) is 12.1 Å². The maximum atomic E-state index is 8.85. The second-order valence-electron chi connectivity index (χ2n) is 2.78. The Labute approximate surface area is 80.8 Å². The fourth-order valence-electron chi connectivity index (χ4n) is 1.17. The summed E-state index contributed by atoms with van der Waals surface area (Å²) in [6, 6.07) is 9.20. The minimum Gasteiger partial charge on any atom is -0.421 e. The zero-order valence-electron chi connectivity index (χ0n) is 7.56. The molecule has 0 bridgehead atoms. The molecule has 2 rings (SSSR count). The maximum absolute atomic E-state index is 8.85. The number of hydrogen-bond acceptors (Lipinski definition) is 4. The molecule has 0 spiro atoms. The Morgan fingerprint density at radius 2 is 2.07 bits per heavy atom. The highest BCUT2D eigenvalue weighted by atomic mass is 16.4. The van der Waals surface area contributed by atoms with Crippen molar-refractivity contribution in [2.45, 2.75) is 6.92 Å². The first-order chi connectivity index (χ1) is 6.81. The van der Waals surface area contributed by atoms with Gasteiger partial charge < -0.3 is 4.42 Å². The Hall–Kier alpha value is -2.15. The normalized spacial score (nSPS) is 9.71. The zero-order chi connectivity index (χ0) is 9.97. The van der Waals surface area contributed by atoms with Gasteiger partial charge in [0.1, 0.15) is 0 Å². The van der Waals surface area contributed by atoms with Gasteiger partial charge in [0.15, 0.2) is 0 Å². The first kappa shape index (κ1) is 8.45. The third kappa shape index (κ3) is 1.36. The third-order valence-electron chi connectivity index (χ3n) is 1.80. The SMILES string of the molecule is Cc1nnc(-c2ccccc2C#N)o1. The second-order valence-corrected chi connectivity index (χ2v) is 2.78. The molecule has 4 nitrogen and oxygen atoms in total. The topological polar surface area (TPSA) is 62.7 Å². The van der Waals surface area contributed by atoms with Gasteiger partial charge in [0, 0.05) is 6.92 Å². The average molecular weight is 185 g/mol. The van der Waals surface area contributed by atoms with Gasteiger partial charge in [0.05, 0.1) is 17.2 Å². The van der Waals surface area contributed by atoms with E-state index in [4.69, 9.17) is 9.68 Å². The molecule has 0 atom stereocenters. The molecular weight excluding hydrogens is 178 g/mol. The van der Waals surface area contributed by atoms with Gasteiger partial charge in [-0.1, -0.05) is 12.1 Å². The number of aromatic nitrogens is 2.